The lowest BCUT2D eigenvalue weighted by atomic mass is 9.98. The summed E-state index contributed by atoms with van der Waals surface area (Å²) in [5, 5.41) is -0.209. The summed E-state index contributed by atoms with van der Waals surface area (Å²) in [6, 6.07) is 4.42. The van der Waals surface area contributed by atoms with E-state index in [4.69, 9.17) is 23.2 Å². The molecule has 2 rings (SSSR count). The van der Waals surface area contributed by atoms with Crippen LogP contribution in [0, 0.1) is 11.6 Å². The van der Waals surface area contributed by atoms with E-state index >= 15 is 0 Å². The maximum atomic E-state index is 14.2. The Hall–Kier alpha value is -1.59. The van der Waals surface area contributed by atoms with Crippen molar-refractivity contribution in [3.63, 3.8) is 0 Å². The highest BCUT2D eigenvalue weighted by Crippen LogP contribution is 2.41. The van der Waals surface area contributed by atoms with E-state index in [2.05, 4.69) is 0 Å². The van der Waals surface area contributed by atoms with Gasteiger partial charge in [-0.05, 0) is 42.0 Å². The van der Waals surface area contributed by atoms with Crippen LogP contribution in [0.5, 0.6) is 0 Å². The average molecular weight is 529 g/mol. The molecule has 0 aromatic heterocycles. The van der Waals surface area contributed by atoms with E-state index in [-0.39, 0.29) is 21.7 Å². The van der Waals surface area contributed by atoms with Crippen LogP contribution in [-0.2, 0) is 16.3 Å². The van der Waals surface area contributed by atoms with E-state index in [0.29, 0.717) is 12.1 Å². The number of halogens is 10. The van der Waals surface area contributed by atoms with Gasteiger partial charge in [0, 0.05) is 16.5 Å². The number of hydrogen-bond donors (Lipinski definition) is 0. The first-order valence-corrected chi connectivity index (χ1v) is 11.1. The molecule has 0 unspecified atom stereocenters. The van der Waals surface area contributed by atoms with Crippen LogP contribution in [0.15, 0.2) is 41.3 Å². The van der Waals surface area contributed by atoms with Crippen molar-refractivity contribution in [2.24, 2.45) is 0 Å². The quantitative estimate of drug-likeness (QED) is 0.329. The molecule has 0 saturated carbocycles. The fraction of sp³-hybridized carbons (Fsp3) is 0.368. The Balaban J connectivity index is 2.16. The fourth-order valence-electron chi connectivity index (χ4n) is 2.96. The third-order valence-corrected chi connectivity index (χ3v) is 6.51. The van der Waals surface area contributed by atoms with E-state index in [9.17, 15) is 43.5 Å². The molecule has 0 aliphatic carbocycles. The number of sulfone groups is 1. The highest BCUT2D eigenvalue weighted by molar-refractivity contribution is 7.91. The Labute approximate surface area is 188 Å². The van der Waals surface area contributed by atoms with Crippen molar-refractivity contribution in [3.05, 3.63) is 63.6 Å². The maximum absolute atomic E-state index is 14.2. The summed E-state index contributed by atoms with van der Waals surface area (Å²) in [6.07, 6.45) is -6.23. The lowest BCUT2D eigenvalue weighted by molar-refractivity contribution is -0.150. The molecule has 0 radical (unpaired) electrons. The minimum absolute atomic E-state index is 0.00622. The summed E-state index contributed by atoms with van der Waals surface area (Å²) in [6.45, 7) is 0. The highest BCUT2D eigenvalue weighted by Gasteiger charge is 2.51. The average Bonchev–Trinajstić information content (AvgIpc) is 2.56. The van der Waals surface area contributed by atoms with Gasteiger partial charge in [0.1, 0.15) is 22.3 Å². The topological polar surface area (TPSA) is 34.1 Å². The molecule has 0 saturated heterocycles. The largest absolute Gasteiger partial charge is 0.268 e. The first kappa shape index (κ1) is 26.7. The molecule has 32 heavy (non-hydrogen) atoms. The van der Waals surface area contributed by atoms with Gasteiger partial charge >= 0.3 is 0 Å². The van der Waals surface area contributed by atoms with Gasteiger partial charge in [0.2, 0.25) is 0 Å². The first-order valence-electron chi connectivity index (χ1n) is 8.67. The number of alkyl halides is 6. The second-order valence-corrected chi connectivity index (χ2v) is 9.97. The molecule has 2 aromatic carbocycles. The van der Waals surface area contributed by atoms with Crippen LogP contribution in [0.4, 0.5) is 35.1 Å². The van der Waals surface area contributed by atoms with Gasteiger partial charge in [-0.2, -0.15) is 0 Å². The second-order valence-electron chi connectivity index (χ2n) is 7.17. The van der Waals surface area contributed by atoms with Gasteiger partial charge in [-0.15, -0.1) is 0 Å². The number of hydrogen-bond acceptors (Lipinski definition) is 2. The van der Waals surface area contributed by atoms with Gasteiger partial charge in [0.25, 0.3) is 17.8 Å². The van der Waals surface area contributed by atoms with Crippen LogP contribution >= 0.6 is 23.2 Å². The van der Waals surface area contributed by atoms with Crippen LogP contribution in [-0.4, -0.2) is 31.9 Å². The Morgan fingerprint density at radius 3 is 2.00 bits per heavy atom. The zero-order valence-electron chi connectivity index (χ0n) is 15.8. The predicted octanol–water partition coefficient (Wildman–Crippen LogP) is 6.97. The highest BCUT2D eigenvalue weighted by atomic mass is 35.5. The lowest BCUT2D eigenvalue weighted by Gasteiger charge is -2.27. The molecule has 0 heterocycles. The second kappa shape index (κ2) is 9.34. The summed E-state index contributed by atoms with van der Waals surface area (Å²) in [4.78, 5) is -1.46. The van der Waals surface area contributed by atoms with Crippen LogP contribution in [0.2, 0.25) is 10.0 Å². The van der Waals surface area contributed by atoms with Crippen molar-refractivity contribution in [1.29, 1.82) is 0 Å². The normalized spacial score (nSPS) is 13.4. The molecular weight excluding hydrogens is 515 g/mol. The third kappa shape index (κ3) is 7.48. The van der Waals surface area contributed by atoms with E-state index in [1.807, 2.05) is 0 Å². The van der Waals surface area contributed by atoms with Crippen molar-refractivity contribution >= 4 is 33.0 Å². The van der Waals surface area contributed by atoms with Crippen LogP contribution in [0.1, 0.15) is 18.4 Å². The molecule has 2 aromatic rings. The molecule has 2 nitrogen and oxygen atoms in total. The van der Waals surface area contributed by atoms with E-state index < -0.39 is 69.2 Å². The molecule has 0 aliphatic heterocycles. The summed E-state index contributed by atoms with van der Waals surface area (Å²) >= 11 is 11.4. The standard InChI is InChI=1S/C19H14Cl2F8O2S/c20-12-1-3-14(21)11(5-12)7-17(24,25)8-18(26,27)9-19(28,29)10-32(30,31)16-6-13(22)2-4-15(16)23/h1-6H,7-10H2. The molecule has 0 amide bonds. The maximum Gasteiger partial charge on any atom is 0.268 e. The van der Waals surface area contributed by atoms with Gasteiger partial charge in [-0.25, -0.2) is 43.5 Å². The number of benzene rings is 2. The third-order valence-electron chi connectivity index (χ3n) is 4.12. The molecule has 0 spiro atoms. The SMILES string of the molecule is O=S(=O)(CC(F)(F)CC(F)(F)CC(F)(F)Cc1cc(Cl)ccc1Cl)c1cc(F)ccc1F. The Morgan fingerprint density at radius 2 is 1.38 bits per heavy atom. The first-order chi connectivity index (χ1) is 14.4. The van der Waals surface area contributed by atoms with Crippen LogP contribution < -0.4 is 0 Å². The number of rotatable bonds is 9. The molecule has 0 fully saturated rings. The molecule has 13 heteroatoms. The molecule has 0 bridgehead atoms. The Bertz CT molecular complexity index is 1090. The van der Waals surface area contributed by atoms with E-state index in [0.717, 1.165) is 12.1 Å². The van der Waals surface area contributed by atoms with Gasteiger partial charge in [0.15, 0.2) is 9.84 Å². The van der Waals surface area contributed by atoms with Gasteiger partial charge in [0.05, 0.1) is 12.8 Å². The summed E-state index contributed by atoms with van der Waals surface area (Å²) in [7, 11) is -5.26. The zero-order chi connectivity index (χ0) is 24.5. The van der Waals surface area contributed by atoms with Crippen LogP contribution in [0.25, 0.3) is 0 Å². The molecule has 178 valence electrons. The lowest BCUT2D eigenvalue weighted by Crippen LogP contribution is -2.39. The Kier molecular flexibility index (Phi) is 7.78. The van der Waals surface area contributed by atoms with Crippen molar-refractivity contribution in [2.75, 3.05) is 5.75 Å². The molecule has 0 atom stereocenters. The fourth-order valence-corrected chi connectivity index (χ4v) is 4.81. The minimum atomic E-state index is -5.26. The van der Waals surface area contributed by atoms with Crippen molar-refractivity contribution in [1.82, 2.24) is 0 Å². The van der Waals surface area contributed by atoms with Crippen LogP contribution in [0.3, 0.4) is 0 Å². The van der Waals surface area contributed by atoms with E-state index in [1.165, 1.54) is 6.07 Å². The zero-order valence-corrected chi connectivity index (χ0v) is 18.1. The molecule has 0 aliphatic rings. The predicted molar refractivity (Wildman–Crippen MR) is 103 cm³/mol. The summed E-state index contributed by atoms with van der Waals surface area (Å²) in [5.41, 5.74) is -0.295. The molecular formula is C19H14Cl2F8O2S. The summed E-state index contributed by atoms with van der Waals surface area (Å²) < 4.78 is 135. The van der Waals surface area contributed by atoms with E-state index in [1.54, 1.807) is 0 Å². The smallest absolute Gasteiger partial charge is 0.223 e. The van der Waals surface area contributed by atoms with Crippen molar-refractivity contribution in [2.45, 2.75) is 41.9 Å². The Morgan fingerprint density at radius 1 is 0.781 bits per heavy atom. The van der Waals surface area contributed by atoms with Crippen molar-refractivity contribution < 1.29 is 43.5 Å². The summed E-state index contributed by atoms with van der Waals surface area (Å²) in [5.74, 6) is -18.8. The molecule has 0 N–H and O–H groups in total. The van der Waals surface area contributed by atoms with Crippen molar-refractivity contribution in [3.8, 4) is 0 Å². The monoisotopic (exact) mass is 528 g/mol. The van der Waals surface area contributed by atoms with Gasteiger partial charge in [-0.3, -0.25) is 0 Å². The van der Waals surface area contributed by atoms with Gasteiger partial charge in [-0.1, -0.05) is 23.2 Å². The minimum Gasteiger partial charge on any atom is -0.223 e. The van der Waals surface area contributed by atoms with Gasteiger partial charge < -0.3 is 0 Å².